The van der Waals surface area contributed by atoms with Gasteiger partial charge in [0.15, 0.2) is 7.91 Å². The molecule has 0 saturated carbocycles. The number of aromatic nitrogens is 4. The minimum atomic E-state index is 0.748. The molecule has 2 aromatic rings. The maximum Gasteiger partial charge on any atom is 0.176 e. The zero-order chi connectivity index (χ0) is 10.6. The molecule has 0 saturated heterocycles. The van der Waals surface area contributed by atoms with Crippen molar-refractivity contribution in [2.45, 2.75) is 13.8 Å². The van der Waals surface area contributed by atoms with E-state index >= 15 is 0 Å². The monoisotopic (exact) mass is 264 g/mol. The highest BCUT2D eigenvalue weighted by atomic mass is 32.2. The van der Waals surface area contributed by atoms with Crippen LogP contribution in [0.5, 0.6) is 0 Å². The third-order valence-electron chi connectivity index (χ3n) is 1.09. The van der Waals surface area contributed by atoms with E-state index in [1.165, 1.54) is 22.7 Å². The van der Waals surface area contributed by atoms with Crippen LogP contribution in [0.3, 0.4) is 0 Å². The third-order valence-corrected chi connectivity index (χ3v) is 3.10. The summed E-state index contributed by atoms with van der Waals surface area (Å²) in [5.74, 6) is 0. The van der Waals surface area contributed by atoms with Crippen molar-refractivity contribution < 1.29 is 0 Å². The van der Waals surface area contributed by atoms with E-state index < -0.39 is 0 Å². The molecular formula is C6H8N4S4. The second kappa shape index (κ2) is 5.44. The third kappa shape index (κ3) is 4.18. The van der Waals surface area contributed by atoms with Crippen molar-refractivity contribution in [3.8, 4) is 0 Å². The van der Waals surface area contributed by atoms with E-state index in [0.717, 1.165) is 17.9 Å². The molecule has 0 spiro atoms. The summed E-state index contributed by atoms with van der Waals surface area (Å²) in [7, 11) is 0. The lowest BCUT2D eigenvalue weighted by Gasteiger charge is -1.63. The molecule has 2 aromatic heterocycles. The number of hydrogen-bond acceptors (Lipinski definition) is 6. The van der Waals surface area contributed by atoms with Gasteiger partial charge < -0.3 is 0 Å². The van der Waals surface area contributed by atoms with Crippen LogP contribution in [0, 0.1) is 21.8 Å². The normalized spacial score (nSPS) is 9.29. The van der Waals surface area contributed by atoms with Crippen LogP contribution in [-0.4, -0.2) is 20.4 Å². The molecule has 0 fully saturated rings. The smallest absolute Gasteiger partial charge is 0.176 e. The first kappa shape index (κ1) is 11.6. The highest BCUT2D eigenvalue weighted by Crippen LogP contribution is 2.00. The molecule has 0 aliphatic carbocycles. The van der Waals surface area contributed by atoms with Gasteiger partial charge in [0, 0.05) is 0 Å². The van der Waals surface area contributed by atoms with Gasteiger partial charge in [-0.2, -0.15) is 10.2 Å². The average Bonchev–Trinajstić information content (AvgIpc) is 2.63. The number of hydrogen-bond donors (Lipinski definition) is 2. The van der Waals surface area contributed by atoms with Gasteiger partial charge >= 0.3 is 0 Å². The lowest BCUT2D eigenvalue weighted by molar-refractivity contribution is 1.04. The molecule has 2 rings (SSSR count). The molecule has 0 bridgehead atoms. The SMILES string of the molecule is Cc1n[nH]c(=S)s1.Cc1n[nH]c(=S)s1. The first-order valence-electron chi connectivity index (χ1n) is 3.62. The number of nitrogens with one attached hydrogen (secondary N) is 2. The van der Waals surface area contributed by atoms with E-state index in [1.54, 1.807) is 0 Å². The standard InChI is InChI=1S/2C3H4N2S2/c2*1-2-4-5-3(6)7-2/h2*1H3,(H,5,6). The van der Waals surface area contributed by atoms with Crippen molar-refractivity contribution in [1.29, 1.82) is 0 Å². The summed E-state index contributed by atoms with van der Waals surface area (Å²) in [5.41, 5.74) is 0. The van der Waals surface area contributed by atoms with Crippen LogP contribution >= 0.6 is 47.1 Å². The lowest BCUT2D eigenvalue weighted by Crippen LogP contribution is -1.65. The predicted molar refractivity (Wildman–Crippen MR) is 64.1 cm³/mol. The van der Waals surface area contributed by atoms with Gasteiger partial charge in [-0.1, -0.05) is 22.7 Å². The van der Waals surface area contributed by atoms with Gasteiger partial charge in [0.05, 0.1) is 0 Å². The Hall–Kier alpha value is -0.440. The van der Waals surface area contributed by atoms with E-state index in [-0.39, 0.29) is 0 Å². The van der Waals surface area contributed by atoms with Gasteiger partial charge in [-0.3, -0.25) is 10.2 Å². The molecule has 4 nitrogen and oxygen atoms in total. The van der Waals surface area contributed by atoms with Crippen LogP contribution in [-0.2, 0) is 0 Å². The fourth-order valence-corrected chi connectivity index (χ4v) is 2.32. The average molecular weight is 264 g/mol. The molecule has 14 heavy (non-hydrogen) atoms. The van der Waals surface area contributed by atoms with Crippen LogP contribution in [0.4, 0.5) is 0 Å². The van der Waals surface area contributed by atoms with Crippen LogP contribution in [0.15, 0.2) is 0 Å². The van der Waals surface area contributed by atoms with Crippen LogP contribution in [0.2, 0.25) is 0 Å². The molecule has 76 valence electrons. The molecule has 0 aliphatic rings. The van der Waals surface area contributed by atoms with E-state index in [2.05, 4.69) is 20.4 Å². The maximum atomic E-state index is 4.73. The summed E-state index contributed by atoms with van der Waals surface area (Å²) in [6.07, 6.45) is 0. The Balaban J connectivity index is 0.000000140. The lowest BCUT2D eigenvalue weighted by atomic mass is 10.9. The fourth-order valence-electron chi connectivity index (χ4n) is 0.608. The number of rotatable bonds is 0. The van der Waals surface area contributed by atoms with E-state index in [1.807, 2.05) is 13.8 Å². The second-order valence-electron chi connectivity index (χ2n) is 2.26. The molecule has 0 unspecified atom stereocenters. The number of aryl methyl sites for hydroxylation is 2. The van der Waals surface area contributed by atoms with Gasteiger partial charge in [0.25, 0.3) is 0 Å². The highest BCUT2D eigenvalue weighted by Gasteiger charge is 1.83. The highest BCUT2D eigenvalue weighted by molar-refractivity contribution is 7.73. The van der Waals surface area contributed by atoms with Gasteiger partial charge in [0.2, 0.25) is 0 Å². The van der Waals surface area contributed by atoms with Gasteiger partial charge in [0.1, 0.15) is 10.0 Å². The maximum absolute atomic E-state index is 4.73. The minimum absolute atomic E-state index is 0.748. The Labute approximate surface area is 99.0 Å². The summed E-state index contributed by atoms with van der Waals surface area (Å²) < 4.78 is 1.50. The summed E-state index contributed by atoms with van der Waals surface area (Å²) in [6, 6.07) is 0. The topological polar surface area (TPSA) is 57.4 Å². The fraction of sp³-hybridized carbons (Fsp3) is 0.333. The van der Waals surface area contributed by atoms with Crippen LogP contribution in [0.1, 0.15) is 10.0 Å². The van der Waals surface area contributed by atoms with E-state index in [4.69, 9.17) is 24.4 Å². The molecule has 0 atom stereocenters. The van der Waals surface area contributed by atoms with Gasteiger partial charge in [-0.15, -0.1) is 0 Å². The Morgan fingerprint density at radius 1 is 0.929 bits per heavy atom. The molecular weight excluding hydrogens is 256 g/mol. The molecule has 0 amide bonds. The zero-order valence-electron chi connectivity index (χ0n) is 7.53. The first-order chi connectivity index (χ1) is 6.58. The molecule has 2 heterocycles. The summed E-state index contributed by atoms with van der Waals surface area (Å²) in [4.78, 5) is 0. The molecule has 0 aromatic carbocycles. The molecule has 2 N–H and O–H groups in total. The van der Waals surface area contributed by atoms with E-state index in [9.17, 15) is 0 Å². The van der Waals surface area contributed by atoms with Crippen LogP contribution in [0.25, 0.3) is 0 Å². The van der Waals surface area contributed by atoms with Crippen molar-refractivity contribution >= 4 is 47.1 Å². The van der Waals surface area contributed by atoms with Crippen molar-refractivity contribution in [3.05, 3.63) is 17.9 Å². The van der Waals surface area contributed by atoms with Crippen molar-refractivity contribution in [2.75, 3.05) is 0 Å². The van der Waals surface area contributed by atoms with Crippen molar-refractivity contribution in [1.82, 2.24) is 20.4 Å². The van der Waals surface area contributed by atoms with Crippen molar-refractivity contribution in [2.24, 2.45) is 0 Å². The largest absolute Gasteiger partial charge is 0.258 e. The first-order valence-corrected chi connectivity index (χ1v) is 6.07. The Morgan fingerprint density at radius 3 is 1.36 bits per heavy atom. The Morgan fingerprint density at radius 2 is 1.29 bits per heavy atom. The zero-order valence-corrected chi connectivity index (χ0v) is 10.8. The Kier molecular flexibility index (Phi) is 4.52. The second-order valence-corrected chi connectivity index (χ2v) is 6.00. The molecule has 0 radical (unpaired) electrons. The summed E-state index contributed by atoms with van der Waals surface area (Å²) in [6.45, 7) is 3.83. The van der Waals surface area contributed by atoms with Crippen molar-refractivity contribution in [3.63, 3.8) is 0 Å². The van der Waals surface area contributed by atoms with Crippen LogP contribution < -0.4 is 0 Å². The van der Waals surface area contributed by atoms with Gasteiger partial charge in [-0.05, 0) is 38.3 Å². The van der Waals surface area contributed by atoms with Gasteiger partial charge in [-0.25, -0.2) is 0 Å². The number of nitrogens with zero attached hydrogens (tertiary/aromatic N) is 2. The molecule has 0 aliphatic heterocycles. The minimum Gasteiger partial charge on any atom is -0.258 e. The molecule has 8 heteroatoms. The summed E-state index contributed by atoms with van der Waals surface area (Å²) in [5, 5.41) is 14.9. The number of aromatic amines is 2. The predicted octanol–water partition coefficient (Wildman–Crippen LogP) is 3.02. The summed E-state index contributed by atoms with van der Waals surface area (Å²) >= 11 is 12.4. The van der Waals surface area contributed by atoms with E-state index in [0.29, 0.717) is 0 Å². The quantitative estimate of drug-likeness (QED) is 0.718. The number of H-pyrrole nitrogens is 2. The Bertz CT molecular complexity index is 444.